The predicted octanol–water partition coefficient (Wildman–Crippen LogP) is 3.43. The number of nitrogens with one attached hydrogen (secondary N) is 1. The van der Waals surface area contributed by atoms with E-state index in [0.29, 0.717) is 17.1 Å². The van der Waals surface area contributed by atoms with Crippen LogP contribution in [0.1, 0.15) is 24.9 Å². The summed E-state index contributed by atoms with van der Waals surface area (Å²) in [6, 6.07) is 7.41. The molecule has 0 bridgehead atoms. The molecule has 0 spiro atoms. The van der Waals surface area contributed by atoms with Crippen LogP contribution in [0.2, 0.25) is 5.02 Å². The molecule has 1 aromatic carbocycles. The maximum Gasteiger partial charge on any atom is 0.226 e. The van der Waals surface area contributed by atoms with Crippen LogP contribution < -0.4 is 5.32 Å². The molecule has 1 atom stereocenters. The Kier molecular flexibility index (Phi) is 4.22. The smallest absolute Gasteiger partial charge is 0.226 e. The Hall–Kier alpha value is -1.81. The summed E-state index contributed by atoms with van der Waals surface area (Å²) in [5, 5.41) is 7.49. The number of nitrogens with zero attached hydrogens (tertiary/aromatic N) is 2. The fourth-order valence-electron chi connectivity index (χ4n) is 1.83. The number of hydrogen-bond donors (Lipinski definition) is 1. The van der Waals surface area contributed by atoms with Crippen LogP contribution in [0.3, 0.4) is 0 Å². The Bertz CT molecular complexity index is 566. The summed E-state index contributed by atoms with van der Waals surface area (Å²) in [6.45, 7) is 3.90. The van der Waals surface area contributed by atoms with Crippen LogP contribution >= 0.6 is 11.6 Å². The van der Waals surface area contributed by atoms with Crippen LogP contribution in [0.15, 0.2) is 36.7 Å². The first-order valence-corrected chi connectivity index (χ1v) is 6.49. The van der Waals surface area contributed by atoms with Crippen molar-refractivity contribution in [2.24, 2.45) is 0 Å². The van der Waals surface area contributed by atoms with E-state index in [2.05, 4.69) is 10.4 Å². The van der Waals surface area contributed by atoms with Crippen molar-refractivity contribution < 1.29 is 4.79 Å². The zero-order valence-corrected chi connectivity index (χ0v) is 11.7. The van der Waals surface area contributed by atoms with Gasteiger partial charge in [-0.15, -0.1) is 0 Å². The Labute approximate surface area is 117 Å². The van der Waals surface area contributed by atoms with Crippen molar-refractivity contribution in [2.45, 2.75) is 26.3 Å². The Morgan fingerprint density at radius 1 is 1.53 bits per heavy atom. The molecule has 19 heavy (non-hydrogen) atoms. The molecular formula is C14H16ClN3O. The van der Waals surface area contributed by atoms with Gasteiger partial charge >= 0.3 is 0 Å². The van der Waals surface area contributed by atoms with E-state index in [1.165, 1.54) is 0 Å². The lowest BCUT2D eigenvalue weighted by molar-refractivity contribution is -0.116. The SMILES string of the molecule is Cc1ccc(NC(=O)C[C@H](C)n2cccn2)c(Cl)c1. The molecule has 1 amide bonds. The lowest BCUT2D eigenvalue weighted by atomic mass is 10.2. The van der Waals surface area contributed by atoms with Gasteiger partial charge in [-0.1, -0.05) is 17.7 Å². The number of anilines is 1. The number of benzene rings is 1. The van der Waals surface area contributed by atoms with Crippen LogP contribution in [0.4, 0.5) is 5.69 Å². The molecule has 4 nitrogen and oxygen atoms in total. The van der Waals surface area contributed by atoms with Gasteiger partial charge in [0.2, 0.25) is 5.91 Å². The van der Waals surface area contributed by atoms with Gasteiger partial charge in [0.15, 0.2) is 0 Å². The van der Waals surface area contributed by atoms with E-state index in [1.54, 1.807) is 10.9 Å². The molecule has 0 unspecified atom stereocenters. The molecule has 2 rings (SSSR count). The molecule has 0 aliphatic heterocycles. The lowest BCUT2D eigenvalue weighted by Crippen LogP contribution is -2.18. The van der Waals surface area contributed by atoms with E-state index in [0.717, 1.165) is 5.56 Å². The minimum atomic E-state index is -0.0752. The number of halogens is 1. The highest BCUT2D eigenvalue weighted by Gasteiger charge is 2.12. The summed E-state index contributed by atoms with van der Waals surface area (Å²) < 4.78 is 1.76. The van der Waals surface area contributed by atoms with Gasteiger partial charge < -0.3 is 5.32 Å². The highest BCUT2D eigenvalue weighted by atomic mass is 35.5. The zero-order chi connectivity index (χ0) is 13.8. The maximum absolute atomic E-state index is 11.9. The van der Waals surface area contributed by atoms with E-state index in [4.69, 9.17) is 11.6 Å². The molecule has 0 saturated carbocycles. The van der Waals surface area contributed by atoms with Gasteiger partial charge in [-0.05, 0) is 37.6 Å². The van der Waals surface area contributed by atoms with E-state index < -0.39 is 0 Å². The highest BCUT2D eigenvalue weighted by molar-refractivity contribution is 6.33. The van der Waals surface area contributed by atoms with Gasteiger partial charge in [-0.3, -0.25) is 9.48 Å². The van der Waals surface area contributed by atoms with E-state index >= 15 is 0 Å². The second-order valence-electron chi connectivity index (χ2n) is 4.57. The normalized spacial score (nSPS) is 12.2. The van der Waals surface area contributed by atoms with Crippen LogP contribution in [0.5, 0.6) is 0 Å². The van der Waals surface area contributed by atoms with Crippen molar-refractivity contribution in [3.8, 4) is 0 Å². The molecule has 2 aromatic rings. The third-order valence-corrected chi connectivity index (χ3v) is 3.17. The van der Waals surface area contributed by atoms with Crippen molar-refractivity contribution in [1.29, 1.82) is 0 Å². The molecule has 1 heterocycles. The van der Waals surface area contributed by atoms with Gasteiger partial charge in [0, 0.05) is 18.8 Å². The Balaban J connectivity index is 1.98. The van der Waals surface area contributed by atoms with Crippen LogP contribution in [0, 0.1) is 6.92 Å². The van der Waals surface area contributed by atoms with Crippen molar-refractivity contribution in [3.63, 3.8) is 0 Å². The monoisotopic (exact) mass is 277 g/mol. The van der Waals surface area contributed by atoms with Gasteiger partial charge in [0.25, 0.3) is 0 Å². The molecule has 0 saturated heterocycles. The van der Waals surface area contributed by atoms with Crippen molar-refractivity contribution >= 4 is 23.2 Å². The second-order valence-corrected chi connectivity index (χ2v) is 4.98. The summed E-state index contributed by atoms with van der Waals surface area (Å²) in [5.41, 5.74) is 1.71. The Morgan fingerprint density at radius 2 is 2.32 bits per heavy atom. The largest absolute Gasteiger partial charge is 0.325 e. The number of rotatable bonds is 4. The van der Waals surface area contributed by atoms with Crippen molar-refractivity contribution in [2.75, 3.05) is 5.32 Å². The topological polar surface area (TPSA) is 46.9 Å². The molecule has 0 aliphatic carbocycles. The number of hydrogen-bond acceptors (Lipinski definition) is 2. The van der Waals surface area contributed by atoms with E-state index in [-0.39, 0.29) is 11.9 Å². The van der Waals surface area contributed by atoms with Gasteiger partial charge in [-0.2, -0.15) is 5.10 Å². The van der Waals surface area contributed by atoms with Crippen LogP contribution in [-0.4, -0.2) is 15.7 Å². The molecule has 1 aromatic heterocycles. The first-order valence-electron chi connectivity index (χ1n) is 6.11. The molecule has 0 aliphatic rings. The average Bonchev–Trinajstić information content (AvgIpc) is 2.86. The average molecular weight is 278 g/mol. The summed E-state index contributed by atoms with van der Waals surface area (Å²) in [6.07, 6.45) is 3.90. The molecule has 0 fully saturated rings. The zero-order valence-electron chi connectivity index (χ0n) is 10.9. The molecular weight excluding hydrogens is 262 g/mol. The summed E-state index contributed by atoms with van der Waals surface area (Å²) >= 11 is 6.08. The second kappa shape index (κ2) is 5.89. The number of aromatic nitrogens is 2. The van der Waals surface area contributed by atoms with E-state index in [9.17, 15) is 4.79 Å². The molecule has 100 valence electrons. The number of carbonyl (C=O) groups excluding carboxylic acids is 1. The van der Waals surface area contributed by atoms with Gasteiger partial charge in [0.05, 0.1) is 16.8 Å². The quantitative estimate of drug-likeness (QED) is 0.931. The highest BCUT2D eigenvalue weighted by Crippen LogP contribution is 2.23. The summed E-state index contributed by atoms with van der Waals surface area (Å²) in [5.74, 6) is -0.0752. The fraction of sp³-hybridized carbons (Fsp3) is 0.286. The fourth-order valence-corrected chi connectivity index (χ4v) is 2.11. The number of amides is 1. The van der Waals surface area contributed by atoms with Gasteiger partial charge in [0.1, 0.15) is 0 Å². The van der Waals surface area contributed by atoms with Crippen molar-refractivity contribution in [3.05, 3.63) is 47.2 Å². The molecule has 5 heteroatoms. The third kappa shape index (κ3) is 3.58. The first-order chi connectivity index (χ1) is 9.06. The predicted molar refractivity (Wildman–Crippen MR) is 76.4 cm³/mol. The third-order valence-electron chi connectivity index (χ3n) is 2.86. The minimum Gasteiger partial charge on any atom is -0.325 e. The van der Waals surface area contributed by atoms with Crippen LogP contribution in [-0.2, 0) is 4.79 Å². The lowest BCUT2D eigenvalue weighted by Gasteiger charge is -2.13. The maximum atomic E-state index is 11.9. The number of carbonyl (C=O) groups is 1. The first kappa shape index (κ1) is 13.6. The standard InChI is InChI=1S/C14H16ClN3O/c1-10-4-5-13(12(15)8-10)17-14(19)9-11(2)18-7-3-6-16-18/h3-8,11H,9H2,1-2H3,(H,17,19)/t11-/m0/s1. The van der Waals surface area contributed by atoms with Gasteiger partial charge in [-0.25, -0.2) is 0 Å². The van der Waals surface area contributed by atoms with Crippen LogP contribution in [0.25, 0.3) is 0 Å². The summed E-state index contributed by atoms with van der Waals surface area (Å²) in [4.78, 5) is 11.9. The van der Waals surface area contributed by atoms with E-state index in [1.807, 2.05) is 44.3 Å². The summed E-state index contributed by atoms with van der Waals surface area (Å²) in [7, 11) is 0. The number of aryl methyl sites for hydroxylation is 1. The molecule has 0 radical (unpaired) electrons. The Morgan fingerprint density at radius 3 is 2.95 bits per heavy atom. The minimum absolute atomic E-state index is 0.0132. The molecule has 1 N–H and O–H groups in total. The van der Waals surface area contributed by atoms with Crippen molar-refractivity contribution in [1.82, 2.24) is 9.78 Å².